The van der Waals surface area contributed by atoms with Gasteiger partial charge < -0.3 is 4.90 Å². The highest BCUT2D eigenvalue weighted by molar-refractivity contribution is 14.1. The number of alkyl halides is 1. The summed E-state index contributed by atoms with van der Waals surface area (Å²) in [6, 6.07) is 0.698. The van der Waals surface area contributed by atoms with Crippen molar-refractivity contribution >= 4 is 22.6 Å². The Balaban J connectivity index is 2.50. The van der Waals surface area contributed by atoms with E-state index in [0.717, 1.165) is 9.84 Å². The average Bonchev–Trinajstić information content (AvgIpc) is 2.21. The van der Waals surface area contributed by atoms with Crippen LogP contribution < -0.4 is 0 Å². The van der Waals surface area contributed by atoms with Crippen LogP contribution in [0.25, 0.3) is 0 Å². The lowest BCUT2D eigenvalue weighted by Gasteiger charge is -2.38. The van der Waals surface area contributed by atoms with Crippen LogP contribution in [0.1, 0.15) is 47.0 Å². The summed E-state index contributed by atoms with van der Waals surface area (Å²) in [4.78, 5) is 2.52. The Morgan fingerprint density at radius 2 is 2.24 bits per heavy atom. The van der Waals surface area contributed by atoms with Crippen LogP contribution >= 0.6 is 22.6 Å². The molecule has 0 amide bonds. The van der Waals surface area contributed by atoms with E-state index in [1.54, 1.807) is 0 Å². The zero-order valence-electron chi connectivity index (χ0n) is 11.6. The van der Waals surface area contributed by atoms with Gasteiger partial charge in [0.1, 0.15) is 0 Å². The molecule has 1 heterocycles. The van der Waals surface area contributed by atoms with Crippen LogP contribution in [0.3, 0.4) is 0 Å². The standard InChI is InChI=1S/C15H26IN/c1-5-6-12(2)11-17-8-7-15(9-13(3)16)10-14(17)4/h5-6,11,13-15H,7-10H2,1-4H3/b6-5+,12-11-. The molecule has 0 bridgehead atoms. The molecule has 1 nitrogen and oxygen atoms in total. The van der Waals surface area contributed by atoms with E-state index in [2.05, 4.69) is 73.5 Å². The van der Waals surface area contributed by atoms with Gasteiger partial charge in [-0.05, 0) is 51.5 Å². The number of rotatable bonds is 4. The van der Waals surface area contributed by atoms with Gasteiger partial charge >= 0.3 is 0 Å². The van der Waals surface area contributed by atoms with Crippen molar-refractivity contribution in [2.45, 2.75) is 56.9 Å². The monoisotopic (exact) mass is 347 g/mol. The molecule has 0 aromatic heterocycles. The maximum absolute atomic E-state index is 2.55. The highest BCUT2D eigenvalue weighted by Gasteiger charge is 2.24. The second-order valence-electron chi connectivity index (χ2n) is 5.37. The number of hydrogen-bond acceptors (Lipinski definition) is 1. The smallest absolute Gasteiger partial charge is 0.0258 e. The lowest BCUT2D eigenvalue weighted by atomic mass is 9.88. The van der Waals surface area contributed by atoms with E-state index in [4.69, 9.17) is 0 Å². The molecule has 17 heavy (non-hydrogen) atoms. The van der Waals surface area contributed by atoms with E-state index in [1.165, 1.54) is 31.4 Å². The van der Waals surface area contributed by atoms with E-state index in [1.807, 2.05) is 0 Å². The van der Waals surface area contributed by atoms with Crippen molar-refractivity contribution in [2.75, 3.05) is 6.54 Å². The molecule has 0 aliphatic carbocycles. The second-order valence-corrected chi connectivity index (χ2v) is 7.49. The van der Waals surface area contributed by atoms with E-state index in [-0.39, 0.29) is 0 Å². The van der Waals surface area contributed by atoms with Crippen LogP contribution in [0.4, 0.5) is 0 Å². The third kappa shape index (κ3) is 5.45. The van der Waals surface area contributed by atoms with Crippen molar-refractivity contribution in [3.63, 3.8) is 0 Å². The van der Waals surface area contributed by atoms with E-state index in [9.17, 15) is 0 Å². The van der Waals surface area contributed by atoms with Crippen LogP contribution in [-0.2, 0) is 0 Å². The molecular formula is C15H26IN. The number of nitrogens with zero attached hydrogens (tertiary/aromatic N) is 1. The number of hydrogen-bond donors (Lipinski definition) is 0. The SMILES string of the molecule is C/C=C/C(C)=C\N1CCC(CC(C)I)CC1C. The summed E-state index contributed by atoms with van der Waals surface area (Å²) in [6.45, 7) is 10.2. The largest absolute Gasteiger partial charge is 0.374 e. The van der Waals surface area contributed by atoms with Crippen LogP contribution in [0.15, 0.2) is 23.9 Å². The van der Waals surface area contributed by atoms with E-state index < -0.39 is 0 Å². The first-order chi connectivity index (χ1) is 8.02. The summed E-state index contributed by atoms with van der Waals surface area (Å²) >= 11 is 2.55. The summed E-state index contributed by atoms with van der Waals surface area (Å²) in [5.74, 6) is 0.934. The summed E-state index contributed by atoms with van der Waals surface area (Å²) in [7, 11) is 0. The minimum Gasteiger partial charge on any atom is -0.374 e. The van der Waals surface area contributed by atoms with Gasteiger partial charge in [-0.2, -0.15) is 0 Å². The maximum Gasteiger partial charge on any atom is 0.0258 e. The molecule has 1 aliphatic rings. The molecule has 0 spiro atoms. The molecular weight excluding hydrogens is 321 g/mol. The Hall–Kier alpha value is 0.0100. The molecule has 3 atom stereocenters. The van der Waals surface area contributed by atoms with Crippen molar-refractivity contribution in [3.8, 4) is 0 Å². The van der Waals surface area contributed by atoms with Crippen molar-refractivity contribution in [1.29, 1.82) is 0 Å². The van der Waals surface area contributed by atoms with Crippen molar-refractivity contribution in [1.82, 2.24) is 4.90 Å². The zero-order valence-corrected chi connectivity index (χ0v) is 13.8. The Kier molecular flexibility index (Phi) is 6.60. The molecule has 1 fully saturated rings. The van der Waals surface area contributed by atoms with Crippen molar-refractivity contribution in [3.05, 3.63) is 23.9 Å². The molecule has 2 heteroatoms. The molecule has 0 saturated carbocycles. The van der Waals surface area contributed by atoms with Gasteiger partial charge in [-0.1, -0.05) is 41.7 Å². The molecule has 1 aliphatic heterocycles. The highest BCUT2D eigenvalue weighted by atomic mass is 127. The Bertz CT molecular complexity index is 281. The van der Waals surface area contributed by atoms with Crippen molar-refractivity contribution < 1.29 is 0 Å². The Labute approximate surface area is 120 Å². The Morgan fingerprint density at radius 1 is 1.53 bits per heavy atom. The summed E-state index contributed by atoms with van der Waals surface area (Å²) in [5, 5.41) is 0. The van der Waals surface area contributed by atoms with Crippen LogP contribution in [0.2, 0.25) is 0 Å². The fraction of sp³-hybridized carbons (Fsp3) is 0.733. The lowest BCUT2D eigenvalue weighted by Crippen LogP contribution is -2.37. The van der Waals surface area contributed by atoms with Crippen LogP contribution in [0.5, 0.6) is 0 Å². The van der Waals surface area contributed by atoms with E-state index >= 15 is 0 Å². The maximum atomic E-state index is 2.55. The number of piperidine rings is 1. The predicted molar refractivity (Wildman–Crippen MR) is 85.6 cm³/mol. The molecule has 98 valence electrons. The van der Waals surface area contributed by atoms with Gasteiger partial charge in [0.05, 0.1) is 0 Å². The van der Waals surface area contributed by atoms with Gasteiger partial charge in [-0.25, -0.2) is 0 Å². The van der Waals surface area contributed by atoms with Gasteiger partial charge in [-0.15, -0.1) is 0 Å². The van der Waals surface area contributed by atoms with Crippen molar-refractivity contribution in [2.24, 2.45) is 5.92 Å². The van der Waals surface area contributed by atoms with Gasteiger partial charge in [-0.3, -0.25) is 0 Å². The van der Waals surface area contributed by atoms with Gasteiger partial charge in [0.25, 0.3) is 0 Å². The minimum absolute atomic E-state index is 0.698. The summed E-state index contributed by atoms with van der Waals surface area (Å²) < 4.78 is 0.816. The molecule has 0 N–H and O–H groups in total. The Morgan fingerprint density at radius 3 is 2.76 bits per heavy atom. The first-order valence-corrected chi connectivity index (χ1v) is 7.98. The predicted octanol–water partition coefficient (Wildman–Crippen LogP) is 4.78. The number of allylic oxidation sites excluding steroid dienone is 3. The quantitative estimate of drug-likeness (QED) is 0.402. The first kappa shape index (κ1) is 15.1. The topological polar surface area (TPSA) is 3.24 Å². The fourth-order valence-electron chi connectivity index (χ4n) is 2.72. The number of halogens is 1. The minimum atomic E-state index is 0.698. The molecule has 1 rings (SSSR count). The van der Waals surface area contributed by atoms with Crippen LogP contribution in [0, 0.1) is 5.92 Å². The number of likely N-dealkylation sites (tertiary alicyclic amines) is 1. The summed E-state index contributed by atoms with van der Waals surface area (Å²) in [5.41, 5.74) is 1.36. The summed E-state index contributed by atoms with van der Waals surface area (Å²) in [6.07, 6.45) is 10.7. The highest BCUT2D eigenvalue weighted by Crippen LogP contribution is 2.28. The van der Waals surface area contributed by atoms with Gasteiger partial charge in [0, 0.05) is 22.7 Å². The fourth-order valence-corrected chi connectivity index (χ4v) is 3.44. The normalized spacial score (nSPS) is 28.8. The van der Waals surface area contributed by atoms with Gasteiger partial charge in [0.15, 0.2) is 0 Å². The average molecular weight is 347 g/mol. The van der Waals surface area contributed by atoms with E-state index in [0.29, 0.717) is 6.04 Å². The van der Waals surface area contributed by atoms with Crippen LogP contribution in [-0.4, -0.2) is 21.4 Å². The zero-order chi connectivity index (χ0) is 12.8. The third-order valence-corrected chi connectivity index (χ3v) is 4.00. The molecule has 0 aromatic carbocycles. The molecule has 1 saturated heterocycles. The second kappa shape index (κ2) is 7.45. The third-order valence-electron chi connectivity index (χ3n) is 3.49. The molecule has 0 radical (unpaired) electrons. The molecule has 3 unspecified atom stereocenters. The molecule has 0 aromatic rings. The lowest BCUT2D eigenvalue weighted by molar-refractivity contribution is 0.171. The van der Waals surface area contributed by atoms with Gasteiger partial charge in [0.2, 0.25) is 0 Å². The first-order valence-electron chi connectivity index (χ1n) is 6.73.